The summed E-state index contributed by atoms with van der Waals surface area (Å²) in [6.45, 7) is 3.82. The van der Waals surface area contributed by atoms with Crippen molar-refractivity contribution in [3.63, 3.8) is 0 Å². The summed E-state index contributed by atoms with van der Waals surface area (Å²) >= 11 is 0. The Hall–Kier alpha value is -3.62. The van der Waals surface area contributed by atoms with Crippen LogP contribution in [0.2, 0.25) is 0 Å². The second-order valence-electron chi connectivity index (χ2n) is 6.23. The van der Waals surface area contributed by atoms with Crippen LogP contribution in [0.5, 0.6) is 11.5 Å². The largest absolute Gasteiger partial charge is 0.493 e. The van der Waals surface area contributed by atoms with Crippen LogP contribution >= 0.6 is 0 Å². The van der Waals surface area contributed by atoms with Crippen LogP contribution in [-0.2, 0) is 4.79 Å². The molecule has 0 spiro atoms. The van der Waals surface area contributed by atoms with E-state index in [4.69, 9.17) is 9.47 Å². The van der Waals surface area contributed by atoms with Crippen molar-refractivity contribution in [1.82, 2.24) is 5.32 Å². The van der Waals surface area contributed by atoms with E-state index in [0.717, 1.165) is 0 Å². The Kier molecular flexibility index (Phi) is 7.13. The fraction of sp³-hybridized carbons (Fsp3) is 0.300. The fourth-order valence-electron chi connectivity index (χ4n) is 2.79. The first kappa shape index (κ1) is 21.7. The highest BCUT2D eigenvalue weighted by Gasteiger charge is 2.22. The van der Waals surface area contributed by atoms with Crippen LogP contribution in [0.4, 0.5) is 5.69 Å². The molecule has 0 radical (unpaired) electrons. The number of carbonyl (C=O) groups is 2. The number of aliphatic carboxylic acids is 1. The molecule has 1 atom stereocenters. The minimum atomic E-state index is -1.11. The summed E-state index contributed by atoms with van der Waals surface area (Å²) in [6, 6.07) is 8.09. The molecule has 0 unspecified atom stereocenters. The number of nitro benzene ring substituents is 1. The monoisotopic (exact) mass is 402 g/mol. The number of hydrogen-bond acceptors (Lipinski definition) is 6. The molecule has 2 aromatic carbocycles. The van der Waals surface area contributed by atoms with Crippen LogP contribution in [0.3, 0.4) is 0 Å². The number of carboxylic acids is 1. The zero-order chi connectivity index (χ0) is 21.6. The summed E-state index contributed by atoms with van der Waals surface area (Å²) in [7, 11) is 1.46. The Labute approximate surface area is 167 Å². The van der Waals surface area contributed by atoms with Crippen LogP contribution in [0.1, 0.15) is 40.9 Å². The third-order valence-electron chi connectivity index (χ3n) is 4.24. The van der Waals surface area contributed by atoms with Crippen molar-refractivity contribution < 1.29 is 29.1 Å². The Bertz CT molecular complexity index is 927. The molecular weight excluding hydrogens is 380 g/mol. The number of rotatable bonds is 9. The van der Waals surface area contributed by atoms with Gasteiger partial charge >= 0.3 is 5.97 Å². The number of hydrogen-bond donors (Lipinski definition) is 2. The number of aryl methyl sites for hydroxylation is 1. The number of carbonyl (C=O) groups excluding carboxylic acids is 1. The molecule has 0 bridgehead atoms. The molecule has 154 valence electrons. The molecule has 0 saturated heterocycles. The van der Waals surface area contributed by atoms with E-state index in [1.165, 1.54) is 25.3 Å². The van der Waals surface area contributed by atoms with Gasteiger partial charge in [0.25, 0.3) is 11.6 Å². The topological polar surface area (TPSA) is 128 Å². The van der Waals surface area contributed by atoms with Crippen molar-refractivity contribution >= 4 is 17.6 Å². The second kappa shape index (κ2) is 9.54. The van der Waals surface area contributed by atoms with Gasteiger partial charge in [0.1, 0.15) is 0 Å². The zero-order valence-electron chi connectivity index (χ0n) is 16.3. The summed E-state index contributed by atoms with van der Waals surface area (Å²) in [6.07, 6.45) is -0.378. The highest BCUT2D eigenvalue weighted by molar-refractivity contribution is 5.95. The normalized spacial score (nSPS) is 11.4. The first-order valence-corrected chi connectivity index (χ1v) is 8.85. The van der Waals surface area contributed by atoms with E-state index < -0.39 is 22.8 Å². The Morgan fingerprint density at radius 1 is 1.21 bits per heavy atom. The van der Waals surface area contributed by atoms with Gasteiger partial charge in [0.2, 0.25) is 0 Å². The van der Waals surface area contributed by atoms with E-state index in [0.29, 0.717) is 29.2 Å². The number of methoxy groups -OCH3 is 1. The number of benzene rings is 2. The maximum absolute atomic E-state index is 12.6. The molecular formula is C20H22N2O7. The predicted molar refractivity (Wildman–Crippen MR) is 104 cm³/mol. The van der Waals surface area contributed by atoms with E-state index in [1.54, 1.807) is 25.1 Å². The molecule has 0 aromatic heterocycles. The van der Waals surface area contributed by atoms with Crippen molar-refractivity contribution in [3.05, 3.63) is 63.2 Å². The molecule has 2 aromatic rings. The van der Waals surface area contributed by atoms with Gasteiger partial charge < -0.3 is 19.9 Å². The molecule has 0 saturated carbocycles. The van der Waals surface area contributed by atoms with Gasteiger partial charge in [0, 0.05) is 17.2 Å². The van der Waals surface area contributed by atoms with Gasteiger partial charge in [-0.15, -0.1) is 0 Å². The van der Waals surface area contributed by atoms with E-state index in [-0.39, 0.29) is 17.7 Å². The number of nitrogens with one attached hydrogen (secondary N) is 1. The third-order valence-corrected chi connectivity index (χ3v) is 4.24. The molecule has 0 aliphatic carbocycles. The summed E-state index contributed by atoms with van der Waals surface area (Å²) in [5.41, 5.74) is 0.804. The van der Waals surface area contributed by atoms with Gasteiger partial charge in [-0.05, 0) is 37.6 Å². The molecule has 0 fully saturated rings. The van der Waals surface area contributed by atoms with Crippen molar-refractivity contribution in [2.24, 2.45) is 0 Å². The average Bonchev–Trinajstić information content (AvgIpc) is 2.67. The molecule has 2 N–H and O–H groups in total. The van der Waals surface area contributed by atoms with Crippen molar-refractivity contribution in [2.45, 2.75) is 26.3 Å². The maximum Gasteiger partial charge on any atom is 0.305 e. The number of nitrogens with zero attached hydrogens (tertiary/aromatic N) is 1. The minimum Gasteiger partial charge on any atom is -0.493 e. The van der Waals surface area contributed by atoms with Crippen molar-refractivity contribution in [2.75, 3.05) is 13.7 Å². The molecule has 9 nitrogen and oxygen atoms in total. The van der Waals surface area contributed by atoms with Gasteiger partial charge in [-0.2, -0.15) is 0 Å². The van der Waals surface area contributed by atoms with Gasteiger partial charge in [0.05, 0.1) is 31.1 Å². The SMILES string of the molecule is CCOc1ccc([C@@H](CC(=O)O)NC(=O)c2ccc(C)c([N+](=O)[O-])c2)cc1OC. The van der Waals surface area contributed by atoms with Crippen LogP contribution in [0, 0.1) is 17.0 Å². The van der Waals surface area contributed by atoms with Crippen LogP contribution < -0.4 is 14.8 Å². The molecule has 0 aliphatic rings. The lowest BCUT2D eigenvalue weighted by molar-refractivity contribution is -0.385. The van der Waals surface area contributed by atoms with Gasteiger partial charge in [-0.3, -0.25) is 19.7 Å². The first-order valence-electron chi connectivity index (χ1n) is 8.85. The molecule has 0 heterocycles. The fourth-order valence-corrected chi connectivity index (χ4v) is 2.79. The molecule has 9 heteroatoms. The first-order chi connectivity index (χ1) is 13.8. The van der Waals surface area contributed by atoms with Crippen LogP contribution in [0.25, 0.3) is 0 Å². The summed E-state index contributed by atoms with van der Waals surface area (Å²) < 4.78 is 10.7. The van der Waals surface area contributed by atoms with Crippen molar-refractivity contribution in [3.8, 4) is 11.5 Å². The number of amides is 1. The van der Waals surface area contributed by atoms with Crippen LogP contribution in [-0.4, -0.2) is 35.6 Å². The second-order valence-corrected chi connectivity index (χ2v) is 6.23. The molecule has 2 rings (SSSR count). The highest BCUT2D eigenvalue weighted by Crippen LogP contribution is 2.31. The summed E-state index contributed by atoms with van der Waals surface area (Å²) in [5, 5.41) is 23.0. The van der Waals surface area contributed by atoms with Gasteiger partial charge in [-0.1, -0.05) is 12.1 Å². The van der Waals surface area contributed by atoms with Crippen LogP contribution in [0.15, 0.2) is 36.4 Å². The lowest BCUT2D eigenvalue weighted by atomic mass is 10.0. The Balaban J connectivity index is 2.34. The molecule has 29 heavy (non-hydrogen) atoms. The van der Waals surface area contributed by atoms with E-state index in [1.807, 2.05) is 6.92 Å². The van der Waals surface area contributed by atoms with Gasteiger partial charge in [-0.25, -0.2) is 0 Å². The molecule has 0 aliphatic heterocycles. The number of carboxylic acid groups (broad SMARTS) is 1. The number of ether oxygens (including phenoxy) is 2. The summed E-state index contributed by atoms with van der Waals surface area (Å²) in [4.78, 5) is 34.5. The minimum absolute atomic E-state index is 0.0654. The van der Waals surface area contributed by atoms with E-state index in [2.05, 4.69) is 5.32 Å². The van der Waals surface area contributed by atoms with E-state index >= 15 is 0 Å². The zero-order valence-corrected chi connectivity index (χ0v) is 16.3. The Morgan fingerprint density at radius 3 is 2.52 bits per heavy atom. The standard InChI is InChI=1S/C20H22N2O7/c1-4-29-17-8-7-13(10-18(17)28-3)15(11-19(23)24)21-20(25)14-6-5-12(2)16(9-14)22(26)27/h5-10,15H,4,11H2,1-3H3,(H,21,25)(H,23,24)/t15-/m1/s1. The smallest absolute Gasteiger partial charge is 0.305 e. The van der Waals surface area contributed by atoms with Crippen molar-refractivity contribution in [1.29, 1.82) is 0 Å². The Morgan fingerprint density at radius 2 is 1.93 bits per heavy atom. The number of nitro groups is 1. The lowest BCUT2D eigenvalue weighted by Gasteiger charge is -2.19. The highest BCUT2D eigenvalue weighted by atomic mass is 16.6. The summed E-state index contributed by atoms with van der Waals surface area (Å²) in [5.74, 6) is -0.835. The molecule has 1 amide bonds. The van der Waals surface area contributed by atoms with E-state index in [9.17, 15) is 24.8 Å². The third kappa shape index (κ3) is 5.44. The van der Waals surface area contributed by atoms with Gasteiger partial charge in [0.15, 0.2) is 11.5 Å². The maximum atomic E-state index is 12.6. The predicted octanol–water partition coefficient (Wildman–Crippen LogP) is 3.26. The average molecular weight is 402 g/mol. The quantitative estimate of drug-likeness (QED) is 0.487. The lowest BCUT2D eigenvalue weighted by Crippen LogP contribution is -2.30.